The molecular weight excluding hydrogens is 428 g/mol. The van der Waals surface area contributed by atoms with Crippen LogP contribution in [0.4, 0.5) is 0 Å². The number of benzene rings is 1. The zero-order valence-corrected chi connectivity index (χ0v) is 20.4. The average molecular weight is 452 g/mol. The minimum Gasteiger partial charge on any atom is -0.480 e. The Labute approximate surface area is 166 Å². The highest BCUT2D eigenvalue weighted by atomic mass is 35.5. The summed E-state index contributed by atoms with van der Waals surface area (Å²) in [4.78, 5) is 4.46. The van der Waals surface area contributed by atoms with Gasteiger partial charge in [0, 0.05) is 5.39 Å². The van der Waals surface area contributed by atoms with Crippen molar-refractivity contribution < 1.29 is 17.7 Å². The number of methoxy groups -OCH3 is 1. The van der Waals surface area contributed by atoms with Crippen LogP contribution in [0.15, 0.2) is 18.2 Å². The molecule has 0 N–H and O–H groups in total. The summed E-state index contributed by atoms with van der Waals surface area (Å²) < 4.78 is 31.4. The summed E-state index contributed by atoms with van der Waals surface area (Å²) in [5.41, 5.74) is 0.590. The second-order valence-corrected chi connectivity index (χ2v) is 20.1. The number of halogens is 2. The van der Waals surface area contributed by atoms with Crippen LogP contribution in [-0.2, 0) is 13.0 Å². The highest BCUT2D eigenvalue weighted by molar-refractivity contribution is 7.65. The molecule has 5 nitrogen and oxygen atoms in total. The highest BCUT2D eigenvalue weighted by Gasteiger charge is 2.41. The zero-order chi connectivity index (χ0) is 19.9. The molecule has 2 rings (SSSR count). The van der Waals surface area contributed by atoms with E-state index < -0.39 is 24.2 Å². The van der Waals surface area contributed by atoms with Gasteiger partial charge in [-0.15, -0.1) is 0 Å². The maximum absolute atomic E-state index is 13.9. The number of aromatic nitrogens is 1. The zero-order valence-electron chi connectivity index (χ0n) is 16.0. The fraction of sp³-hybridized carbons (Fsp3) is 0.438. The Balaban J connectivity index is 2.75. The van der Waals surface area contributed by atoms with Crippen molar-refractivity contribution in [3.05, 3.63) is 28.2 Å². The molecule has 0 aliphatic heterocycles. The largest absolute Gasteiger partial charge is 0.480 e. The molecule has 144 valence electrons. The van der Waals surface area contributed by atoms with Crippen molar-refractivity contribution in [2.24, 2.45) is 0 Å². The molecule has 0 saturated carbocycles. The van der Waals surface area contributed by atoms with Crippen molar-refractivity contribution >= 4 is 63.6 Å². The molecule has 0 bridgehead atoms. The molecule has 0 radical (unpaired) electrons. The molecule has 10 heteroatoms. The lowest BCUT2D eigenvalue weighted by Gasteiger charge is -2.31. The van der Waals surface area contributed by atoms with E-state index in [9.17, 15) is 4.57 Å². The van der Waals surface area contributed by atoms with E-state index in [1.807, 2.05) is 39.3 Å². The van der Waals surface area contributed by atoms with Crippen LogP contribution in [0.3, 0.4) is 0 Å². The predicted molar refractivity (Wildman–Crippen MR) is 114 cm³/mol. The summed E-state index contributed by atoms with van der Waals surface area (Å²) in [7, 11) is -6.55. The van der Waals surface area contributed by atoms with Gasteiger partial charge in [0.05, 0.1) is 22.7 Å². The van der Waals surface area contributed by atoms with Gasteiger partial charge in [0.25, 0.3) is 0 Å². The van der Waals surface area contributed by atoms with E-state index in [4.69, 9.17) is 36.4 Å². The smallest absolute Gasteiger partial charge is 0.347 e. The Morgan fingerprint density at radius 2 is 1.42 bits per heavy atom. The molecule has 1 heterocycles. The molecule has 2 aromatic rings. The summed E-state index contributed by atoms with van der Waals surface area (Å²) in [6.07, 6.45) is 0. The van der Waals surface area contributed by atoms with Crippen LogP contribution >= 0.6 is 30.8 Å². The lowest BCUT2D eigenvalue weighted by molar-refractivity contribution is 0.383. The average Bonchev–Trinajstić information content (AvgIpc) is 2.43. The topological polar surface area (TPSA) is 57.7 Å². The predicted octanol–water partition coefficient (Wildman–Crippen LogP) is 6.07. The van der Waals surface area contributed by atoms with Crippen molar-refractivity contribution in [2.45, 2.75) is 39.3 Å². The molecule has 0 unspecified atom stereocenters. The Morgan fingerprint density at radius 1 is 0.923 bits per heavy atom. The Morgan fingerprint density at radius 3 is 1.88 bits per heavy atom. The Hall–Kier alpha value is -0.406. The van der Waals surface area contributed by atoms with Crippen LogP contribution in [0.1, 0.15) is 0 Å². The summed E-state index contributed by atoms with van der Waals surface area (Å²) in [6, 6.07) is 5.04. The lowest BCUT2D eigenvalue weighted by atomic mass is 10.2. The Bertz CT molecular complexity index is 861. The van der Waals surface area contributed by atoms with Crippen LogP contribution in [0.25, 0.3) is 10.9 Å². The fourth-order valence-electron chi connectivity index (χ4n) is 2.32. The van der Waals surface area contributed by atoms with Crippen molar-refractivity contribution in [2.75, 3.05) is 7.11 Å². The van der Waals surface area contributed by atoms with Gasteiger partial charge in [0.1, 0.15) is 5.30 Å². The quantitative estimate of drug-likeness (QED) is 0.393. The van der Waals surface area contributed by atoms with Crippen molar-refractivity contribution in [1.29, 1.82) is 0 Å². The van der Waals surface area contributed by atoms with E-state index >= 15 is 0 Å². The molecule has 0 aliphatic rings. The maximum Gasteiger partial charge on any atom is 0.347 e. The van der Waals surface area contributed by atoms with Gasteiger partial charge in [-0.05, 0) is 57.5 Å². The number of pyridine rings is 1. The standard InChI is InChI=1S/C16H24Cl2NO4PSi2/c1-21-16-15(9-11-8-12(17)13(18)10-14(11)19-16)24(20,22-25(2,3)4)23-26(5,6)7/h8-10H,1-7H3. The normalized spacial score (nSPS) is 13.3. The molecular formula is C16H24Cl2NO4PSi2. The first-order chi connectivity index (χ1) is 11.7. The van der Waals surface area contributed by atoms with Gasteiger partial charge in [-0.25, -0.2) is 4.98 Å². The van der Waals surface area contributed by atoms with Gasteiger partial charge in [0.2, 0.25) is 5.88 Å². The molecule has 1 aromatic carbocycles. The first-order valence-corrected chi connectivity index (χ1v) is 17.2. The number of hydrogen-bond acceptors (Lipinski definition) is 5. The monoisotopic (exact) mass is 451 g/mol. The van der Waals surface area contributed by atoms with Crippen molar-refractivity contribution in [3.8, 4) is 5.88 Å². The van der Waals surface area contributed by atoms with Crippen LogP contribution in [-0.4, -0.2) is 28.7 Å². The van der Waals surface area contributed by atoms with Crippen LogP contribution in [0.2, 0.25) is 49.3 Å². The minimum atomic E-state index is -3.64. The van der Waals surface area contributed by atoms with E-state index in [-0.39, 0.29) is 5.88 Å². The van der Waals surface area contributed by atoms with Gasteiger partial charge in [-0.3, -0.25) is 4.57 Å². The van der Waals surface area contributed by atoms with Crippen molar-refractivity contribution in [3.63, 3.8) is 0 Å². The summed E-state index contributed by atoms with van der Waals surface area (Å²) in [5, 5.41) is 1.79. The molecule has 0 fully saturated rings. The van der Waals surface area contributed by atoms with Crippen LogP contribution in [0, 0.1) is 0 Å². The fourth-order valence-corrected chi connectivity index (χ4v) is 10.4. The van der Waals surface area contributed by atoms with Crippen molar-refractivity contribution in [1.82, 2.24) is 4.98 Å². The third-order valence-corrected chi connectivity index (χ3v) is 11.0. The minimum absolute atomic E-state index is 0.204. The summed E-state index contributed by atoms with van der Waals surface area (Å²) in [5.74, 6) is 0.204. The van der Waals surface area contributed by atoms with Gasteiger partial charge in [-0.1, -0.05) is 23.2 Å². The van der Waals surface area contributed by atoms with Gasteiger partial charge in [-0.2, -0.15) is 0 Å². The molecule has 26 heavy (non-hydrogen) atoms. The Kier molecular flexibility index (Phi) is 6.35. The summed E-state index contributed by atoms with van der Waals surface area (Å²) >= 11 is 12.2. The lowest BCUT2D eigenvalue weighted by Crippen LogP contribution is -2.33. The number of ether oxygens (including phenoxy) is 1. The maximum atomic E-state index is 13.9. The van der Waals surface area contributed by atoms with E-state index in [2.05, 4.69) is 4.98 Å². The molecule has 0 atom stereocenters. The van der Waals surface area contributed by atoms with Gasteiger partial charge >= 0.3 is 7.60 Å². The number of nitrogens with zero attached hydrogens (tertiary/aromatic N) is 1. The number of rotatable bonds is 6. The second kappa shape index (κ2) is 7.55. The number of hydrogen-bond donors (Lipinski definition) is 0. The van der Waals surface area contributed by atoms with E-state index in [0.717, 1.165) is 0 Å². The van der Waals surface area contributed by atoms with Gasteiger partial charge < -0.3 is 13.2 Å². The van der Waals surface area contributed by atoms with E-state index in [1.165, 1.54) is 7.11 Å². The van der Waals surface area contributed by atoms with Crippen LogP contribution in [0.5, 0.6) is 5.88 Å². The highest BCUT2D eigenvalue weighted by Crippen LogP contribution is 2.54. The molecule has 0 spiro atoms. The van der Waals surface area contributed by atoms with Crippen LogP contribution < -0.4 is 10.0 Å². The third kappa shape index (κ3) is 5.32. The SMILES string of the molecule is COc1nc2cc(Cl)c(Cl)cc2cc1P(=O)(O[Si](C)(C)C)O[Si](C)(C)C. The van der Waals surface area contributed by atoms with E-state index in [0.29, 0.717) is 26.3 Å². The molecule has 0 saturated heterocycles. The van der Waals surface area contributed by atoms with Gasteiger partial charge in [0.15, 0.2) is 16.6 Å². The number of fused-ring (bicyclic) bond motifs is 1. The molecule has 0 aliphatic carbocycles. The first-order valence-electron chi connectivity index (χ1n) is 8.10. The second-order valence-electron chi connectivity index (χ2n) is 7.88. The van der Waals surface area contributed by atoms with E-state index in [1.54, 1.807) is 18.2 Å². The molecule has 0 amide bonds. The summed E-state index contributed by atoms with van der Waals surface area (Å²) in [6.45, 7) is 11.8. The first kappa shape index (κ1) is 21.9. The molecule has 1 aromatic heterocycles. The third-order valence-electron chi connectivity index (χ3n) is 3.08.